The van der Waals surface area contributed by atoms with Gasteiger partial charge < -0.3 is 0 Å². The van der Waals surface area contributed by atoms with E-state index >= 15 is 0 Å². The van der Waals surface area contributed by atoms with Gasteiger partial charge in [-0.05, 0) is 0 Å². The molecule has 0 aromatic heterocycles. The molecular formula is C9H12N2+2. The Morgan fingerprint density at radius 1 is 0.636 bits per heavy atom. The first-order valence-electron chi connectivity index (χ1n) is 3.24. The molecular weight excluding hydrogens is 136 g/mol. The summed E-state index contributed by atoms with van der Waals surface area (Å²) in [6, 6.07) is 0. The second-order valence-corrected chi connectivity index (χ2v) is 2.39. The maximum atomic E-state index is 2.77. The highest BCUT2D eigenvalue weighted by molar-refractivity contribution is 5.47. The molecule has 2 nitrogen and oxygen atoms in total. The lowest BCUT2D eigenvalue weighted by Crippen LogP contribution is -1.90. The Labute approximate surface area is 67.1 Å². The van der Waals surface area contributed by atoms with Crippen LogP contribution in [0.2, 0.25) is 0 Å². The summed E-state index contributed by atoms with van der Waals surface area (Å²) in [6.07, 6.45) is 0. The molecule has 0 unspecified atom stereocenters. The minimum atomic E-state index is 1.75. The molecule has 0 aromatic carbocycles. The fourth-order valence-electron chi connectivity index (χ4n) is 0.311. The zero-order chi connectivity index (χ0) is 8.69. The first-order valence-corrected chi connectivity index (χ1v) is 3.24. The highest BCUT2D eigenvalue weighted by atomic mass is 14.9. The van der Waals surface area contributed by atoms with Crippen molar-refractivity contribution in [2.24, 2.45) is 0 Å². The van der Waals surface area contributed by atoms with Gasteiger partial charge in [0.1, 0.15) is 28.2 Å². The van der Waals surface area contributed by atoms with Gasteiger partial charge in [-0.1, -0.05) is 0 Å². The number of rotatable bonds is 0. The summed E-state index contributed by atoms with van der Waals surface area (Å²) in [7, 11) is 7.48. The van der Waals surface area contributed by atoms with Gasteiger partial charge in [-0.3, -0.25) is 0 Å². The van der Waals surface area contributed by atoms with Crippen LogP contribution in [0.3, 0.4) is 0 Å². The molecule has 0 saturated carbocycles. The molecule has 0 aliphatic rings. The van der Waals surface area contributed by atoms with Crippen molar-refractivity contribution in [2.75, 3.05) is 28.2 Å². The zero-order valence-corrected chi connectivity index (χ0v) is 7.39. The minimum Gasteiger partial charge on any atom is -0.186 e. The molecule has 0 aromatic rings. The lowest BCUT2D eigenvalue weighted by Gasteiger charge is -1.65. The summed E-state index contributed by atoms with van der Waals surface area (Å²) in [5.41, 5.74) is 7.97. The van der Waals surface area contributed by atoms with Gasteiger partial charge in [-0.2, -0.15) is 9.15 Å². The van der Waals surface area contributed by atoms with E-state index in [1.807, 2.05) is 28.2 Å². The third-order valence-electron chi connectivity index (χ3n) is 0.684. The Hall–Kier alpha value is -1.50. The second-order valence-electron chi connectivity index (χ2n) is 2.39. The summed E-state index contributed by atoms with van der Waals surface area (Å²) < 4.78 is 3.51. The molecule has 0 rings (SSSR count). The molecule has 2 heteroatoms. The van der Waals surface area contributed by atoms with E-state index in [0.717, 1.165) is 0 Å². The van der Waals surface area contributed by atoms with Gasteiger partial charge in [-0.25, -0.2) is 0 Å². The van der Waals surface area contributed by atoms with Crippen LogP contribution in [0, 0.1) is 0 Å². The van der Waals surface area contributed by atoms with E-state index in [1.54, 1.807) is 9.15 Å². The highest BCUT2D eigenvalue weighted by Crippen LogP contribution is 1.47. The standard InChI is InChI=1S/C9H12N2/c1-10(2)8-6-5-7-9-11(3)4/h1-4H3/q+2. The maximum absolute atomic E-state index is 2.77. The van der Waals surface area contributed by atoms with Gasteiger partial charge in [-0.15, -0.1) is 0 Å². The van der Waals surface area contributed by atoms with E-state index in [-0.39, 0.29) is 0 Å². The highest BCUT2D eigenvalue weighted by Gasteiger charge is 1.67. The Bertz CT molecular complexity index is 292. The third kappa shape index (κ3) is 8.50. The summed E-state index contributed by atoms with van der Waals surface area (Å²) in [5, 5.41) is 0. The molecule has 0 saturated heterocycles. The average molecular weight is 148 g/mol. The van der Waals surface area contributed by atoms with Gasteiger partial charge in [0.15, 0.2) is 0 Å². The molecule has 0 spiro atoms. The number of hydrogen-bond donors (Lipinski definition) is 0. The normalized spacial score (nSPS) is 6.18. The molecule has 0 aliphatic heterocycles. The van der Waals surface area contributed by atoms with Crippen LogP contribution < -0.4 is 0 Å². The molecule has 0 atom stereocenters. The Morgan fingerprint density at radius 3 is 1.27 bits per heavy atom. The molecule has 0 amide bonds. The van der Waals surface area contributed by atoms with Crippen LogP contribution in [0.1, 0.15) is 0 Å². The molecule has 0 fully saturated rings. The fourth-order valence-corrected chi connectivity index (χ4v) is 0.311. The number of nitrogens with zero attached hydrogens (tertiary/aromatic N) is 2. The monoisotopic (exact) mass is 148 g/mol. The molecule has 11 heavy (non-hydrogen) atoms. The van der Waals surface area contributed by atoms with Crippen LogP contribution >= 0.6 is 0 Å². The molecule has 0 heterocycles. The first-order chi connectivity index (χ1) is 5.13. The molecule has 56 valence electrons. The lowest BCUT2D eigenvalue weighted by molar-refractivity contribution is -0.456. The number of hydrogen-bond acceptors (Lipinski definition) is 0. The molecule has 0 radical (unpaired) electrons. The quantitative estimate of drug-likeness (QED) is 0.257. The summed E-state index contributed by atoms with van der Waals surface area (Å²) >= 11 is 0. The van der Waals surface area contributed by atoms with E-state index in [4.69, 9.17) is 0 Å². The zero-order valence-electron chi connectivity index (χ0n) is 7.39. The van der Waals surface area contributed by atoms with Crippen molar-refractivity contribution in [3.05, 3.63) is 17.2 Å². The minimum absolute atomic E-state index is 1.75. The van der Waals surface area contributed by atoms with Gasteiger partial charge in [0.25, 0.3) is 0 Å². The fraction of sp³-hybridized carbons (Fsp3) is 0.444. The molecule has 0 N–H and O–H groups in total. The van der Waals surface area contributed by atoms with Gasteiger partial charge in [0, 0.05) is 5.73 Å². The Balaban J connectivity index is 5.06. The van der Waals surface area contributed by atoms with Crippen LogP contribution in [0.5, 0.6) is 0 Å². The van der Waals surface area contributed by atoms with E-state index in [0.29, 0.717) is 0 Å². The smallest absolute Gasteiger partial charge is 0.186 e. The predicted octanol–water partition coefficient (Wildman–Crippen LogP) is -0.109. The van der Waals surface area contributed by atoms with Gasteiger partial charge in [0.2, 0.25) is 11.7 Å². The largest absolute Gasteiger partial charge is 0.230 e. The van der Waals surface area contributed by atoms with Crippen LogP contribution in [-0.4, -0.2) is 49.1 Å². The lowest BCUT2D eigenvalue weighted by atomic mass is 10.7. The van der Waals surface area contributed by atoms with Crippen molar-refractivity contribution < 1.29 is 9.15 Å². The van der Waals surface area contributed by atoms with Crippen molar-refractivity contribution >= 4 is 11.7 Å². The third-order valence-corrected chi connectivity index (χ3v) is 0.684. The maximum Gasteiger partial charge on any atom is 0.230 e. The Morgan fingerprint density at radius 2 is 1.00 bits per heavy atom. The molecule has 0 bridgehead atoms. The van der Waals surface area contributed by atoms with Crippen LogP contribution in [0.15, 0.2) is 17.2 Å². The summed E-state index contributed by atoms with van der Waals surface area (Å²) in [4.78, 5) is 0. The molecule has 0 aliphatic carbocycles. The summed E-state index contributed by atoms with van der Waals surface area (Å²) in [5.74, 6) is 5.54. The first kappa shape index (κ1) is 9.50. The van der Waals surface area contributed by atoms with Crippen molar-refractivity contribution in [3.8, 4) is 0 Å². The van der Waals surface area contributed by atoms with Gasteiger partial charge in [0.05, 0.1) is 11.5 Å². The van der Waals surface area contributed by atoms with E-state index in [1.165, 1.54) is 0 Å². The topological polar surface area (TPSA) is 6.02 Å². The SMILES string of the molecule is C[N+](C)=C=C=C=C=C=[N+](C)C. The van der Waals surface area contributed by atoms with Crippen LogP contribution in [-0.2, 0) is 0 Å². The van der Waals surface area contributed by atoms with Crippen molar-refractivity contribution in [1.82, 2.24) is 0 Å². The van der Waals surface area contributed by atoms with Crippen molar-refractivity contribution in [3.63, 3.8) is 0 Å². The van der Waals surface area contributed by atoms with Gasteiger partial charge >= 0.3 is 0 Å². The Kier molecular flexibility index (Phi) is 4.58. The van der Waals surface area contributed by atoms with E-state index in [9.17, 15) is 0 Å². The van der Waals surface area contributed by atoms with Crippen LogP contribution in [0.4, 0.5) is 0 Å². The predicted molar refractivity (Wildman–Crippen MR) is 44.8 cm³/mol. The average Bonchev–Trinajstić information content (AvgIpc) is 1.85. The van der Waals surface area contributed by atoms with Crippen molar-refractivity contribution in [1.29, 1.82) is 0 Å². The van der Waals surface area contributed by atoms with E-state index in [2.05, 4.69) is 28.9 Å². The van der Waals surface area contributed by atoms with E-state index < -0.39 is 0 Å². The second kappa shape index (κ2) is 5.30. The van der Waals surface area contributed by atoms with Crippen LogP contribution in [0.25, 0.3) is 0 Å². The summed E-state index contributed by atoms with van der Waals surface area (Å²) in [6.45, 7) is 0. The van der Waals surface area contributed by atoms with Crippen molar-refractivity contribution in [2.45, 2.75) is 0 Å².